The van der Waals surface area contributed by atoms with Gasteiger partial charge in [0.2, 0.25) is 0 Å². The van der Waals surface area contributed by atoms with E-state index in [-0.39, 0.29) is 16.9 Å². The van der Waals surface area contributed by atoms with Crippen LogP contribution in [0.15, 0.2) is 23.4 Å². The Morgan fingerprint density at radius 1 is 1.07 bits per heavy atom. The van der Waals surface area contributed by atoms with Crippen LogP contribution in [0.2, 0.25) is 0 Å². The maximum atomic E-state index is 12.0. The van der Waals surface area contributed by atoms with Crippen molar-refractivity contribution < 1.29 is 9.90 Å². The number of carbonyl (C=O) groups excluding carboxylic acids is 1. The molecule has 1 N–H and O–H groups in total. The van der Waals surface area contributed by atoms with Gasteiger partial charge in [-0.1, -0.05) is 31.6 Å². The van der Waals surface area contributed by atoms with Gasteiger partial charge in [0.1, 0.15) is 5.78 Å². The number of piperidine rings is 1. The van der Waals surface area contributed by atoms with E-state index in [1.165, 1.54) is 50.8 Å². The van der Waals surface area contributed by atoms with Crippen LogP contribution in [0.1, 0.15) is 71.6 Å². The topological polar surface area (TPSA) is 40.5 Å². The summed E-state index contributed by atoms with van der Waals surface area (Å²) in [6, 6.07) is 0. The smallest absolute Gasteiger partial charge is 0.136 e. The number of hydrogen-bond donors (Lipinski definition) is 1. The number of ketones is 1. The lowest BCUT2D eigenvalue weighted by molar-refractivity contribution is -0.123. The number of nitrogens with zero attached hydrogens (tertiary/aromatic N) is 1. The van der Waals surface area contributed by atoms with Gasteiger partial charge in [-0.25, -0.2) is 0 Å². The third-order valence-electron chi connectivity index (χ3n) is 9.20. The van der Waals surface area contributed by atoms with Crippen molar-refractivity contribution in [3.8, 4) is 0 Å². The molecular weight excluding hydrogens is 334 g/mol. The molecule has 0 aromatic heterocycles. The Labute approximate surface area is 163 Å². The molecule has 5 aliphatic rings. The van der Waals surface area contributed by atoms with E-state index >= 15 is 0 Å². The fourth-order valence-electron chi connectivity index (χ4n) is 7.64. The van der Waals surface area contributed by atoms with Gasteiger partial charge in [-0.05, 0) is 68.1 Å². The van der Waals surface area contributed by atoms with Crippen molar-refractivity contribution >= 4 is 5.78 Å². The molecule has 1 aliphatic heterocycles. The van der Waals surface area contributed by atoms with Gasteiger partial charge in [0.05, 0.1) is 6.10 Å². The average molecular weight is 370 g/mol. The minimum Gasteiger partial charge on any atom is -0.389 e. The minimum absolute atomic E-state index is 0.132. The van der Waals surface area contributed by atoms with Crippen LogP contribution in [-0.2, 0) is 4.79 Å². The summed E-state index contributed by atoms with van der Waals surface area (Å²) in [4.78, 5) is 14.7. The molecule has 0 amide bonds. The highest BCUT2D eigenvalue weighted by Gasteiger charge is 2.59. The van der Waals surface area contributed by atoms with E-state index in [2.05, 4.69) is 30.9 Å². The molecule has 0 bridgehead atoms. The number of likely N-dealkylation sites (tertiary alicyclic amines) is 1. The van der Waals surface area contributed by atoms with Crippen molar-refractivity contribution in [1.82, 2.24) is 4.90 Å². The van der Waals surface area contributed by atoms with Crippen LogP contribution in [0.3, 0.4) is 0 Å². The molecule has 0 radical (unpaired) electrons. The van der Waals surface area contributed by atoms with Crippen molar-refractivity contribution in [3.63, 3.8) is 0 Å². The Morgan fingerprint density at radius 3 is 2.63 bits per heavy atom. The molecule has 3 heteroatoms. The number of Topliss-reactive ketones (excluding diaryl/α,β-unsaturated/α-hetero) is 1. The molecule has 1 saturated heterocycles. The molecule has 4 aliphatic carbocycles. The van der Waals surface area contributed by atoms with Gasteiger partial charge in [-0.2, -0.15) is 0 Å². The Bertz CT molecular complexity index is 703. The SMILES string of the molecule is C[C@]12CCC(=O)CC1=CC(O)[C@@H]1[C@H]2CC[C@]2(C)C(N3CCCCC3)=CC[C@@H]12. The van der Waals surface area contributed by atoms with Gasteiger partial charge in [0.15, 0.2) is 0 Å². The minimum atomic E-state index is -0.372. The highest BCUT2D eigenvalue weighted by atomic mass is 16.3. The normalized spacial score (nSPS) is 46.9. The highest BCUT2D eigenvalue weighted by Crippen LogP contribution is 2.65. The molecule has 0 spiro atoms. The van der Waals surface area contributed by atoms with Crippen molar-refractivity contribution in [2.75, 3.05) is 13.1 Å². The van der Waals surface area contributed by atoms with Crippen LogP contribution in [-0.4, -0.2) is 35.0 Å². The van der Waals surface area contributed by atoms with Gasteiger partial charge in [-0.15, -0.1) is 0 Å². The first-order chi connectivity index (χ1) is 12.9. The van der Waals surface area contributed by atoms with Gasteiger partial charge in [-0.3, -0.25) is 4.79 Å². The molecule has 0 aromatic rings. The molecule has 6 atom stereocenters. The molecule has 148 valence electrons. The average Bonchev–Trinajstić information content (AvgIpc) is 3.01. The monoisotopic (exact) mass is 369 g/mol. The summed E-state index contributed by atoms with van der Waals surface area (Å²) in [6.45, 7) is 7.31. The molecule has 0 aromatic carbocycles. The van der Waals surface area contributed by atoms with Gasteiger partial charge < -0.3 is 10.0 Å². The van der Waals surface area contributed by atoms with E-state index in [1.807, 2.05) is 0 Å². The first-order valence-electron chi connectivity index (χ1n) is 11.3. The standard InChI is InChI=1S/C24H35NO2/c1-23-10-8-17(26)14-16(23)15-20(27)22-18-6-7-21(25-12-4-3-5-13-25)24(18,2)11-9-19(22)23/h7,15,18-20,22,27H,3-6,8-14H2,1-2H3/t18-,19+,20?,22-,23-,24-/m0/s1. The predicted octanol–water partition coefficient (Wildman–Crippen LogP) is 4.47. The fourth-order valence-corrected chi connectivity index (χ4v) is 7.64. The summed E-state index contributed by atoms with van der Waals surface area (Å²) in [5, 5.41) is 11.2. The summed E-state index contributed by atoms with van der Waals surface area (Å²) in [7, 11) is 0. The lowest BCUT2D eigenvalue weighted by Gasteiger charge is -2.58. The summed E-state index contributed by atoms with van der Waals surface area (Å²) in [5.74, 6) is 1.80. The zero-order valence-electron chi connectivity index (χ0n) is 17.0. The lowest BCUT2D eigenvalue weighted by atomic mass is 9.47. The van der Waals surface area contributed by atoms with Crippen molar-refractivity contribution in [2.45, 2.75) is 77.7 Å². The zero-order valence-corrected chi connectivity index (χ0v) is 17.0. The number of carbonyl (C=O) groups is 1. The van der Waals surface area contributed by atoms with E-state index in [9.17, 15) is 9.90 Å². The quantitative estimate of drug-likeness (QED) is 0.693. The van der Waals surface area contributed by atoms with Gasteiger partial charge in [0, 0.05) is 37.0 Å². The van der Waals surface area contributed by atoms with Crippen LogP contribution in [0, 0.1) is 28.6 Å². The third-order valence-corrected chi connectivity index (χ3v) is 9.20. The van der Waals surface area contributed by atoms with Crippen LogP contribution >= 0.6 is 0 Å². The van der Waals surface area contributed by atoms with Crippen LogP contribution in [0.4, 0.5) is 0 Å². The van der Waals surface area contributed by atoms with Crippen LogP contribution < -0.4 is 0 Å². The van der Waals surface area contributed by atoms with Gasteiger partial charge >= 0.3 is 0 Å². The molecule has 2 saturated carbocycles. The first kappa shape index (κ1) is 18.0. The maximum Gasteiger partial charge on any atom is 0.136 e. The Balaban J connectivity index is 1.47. The summed E-state index contributed by atoms with van der Waals surface area (Å²) >= 11 is 0. The van der Waals surface area contributed by atoms with Gasteiger partial charge in [0.25, 0.3) is 0 Å². The third kappa shape index (κ3) is 2.53. The highest BCUT2D eigenvalue weighted by molar-refractivity contribution is 5.82. The number of aliphatic hydroxyl groups excluding tert-OH is 1. The fraction of sp³-hybridized carbons (Fsp3) is 0.792. The van der Waals surface area contributed by atoms with Crippen LogP contribution in [0.25, 0.3) is 0 Å². The van der Waals surface area contributed by atoms with E-state index < -0.39 is 0 Å². The second kappa shape index (κ2) is 6.20. The Hall–Kier alpha value is -1.09. The van der Waals surface area contributed by atoms with E-state index in [4.69, 9.17) is 0 Å². The molecule has 1 heterocycles. The number of aliphatic hydroxyl groups is 1. The largest absolute Gasteiger partial charge is 0.389 e. The molecular formula is C24H35NO2. The summed E-state index contributed by atoms with van der Waals surface area (Å²) < 4.78 is 0. The lowest BCUT2D eigenvalue weighted by Crippen LogP contribution is -2.55. The predicted molar refractivity (Wildman–Crippen MR) is 107 cm³/mol. The second-order valence-electron chi connectivity index (χ2n) is 10.4. The summed E-state index contributed by atoms with van der Waals surface area (Å²) in [6.07, 6.45) is 14.1. The maximum absolute atomic E-state index is 12.0. The molecule has 3 fully saturated rings. The van der Waals surface area contributed by atoms with E-state index in [0.29, 0.717) is 30.0 Å². The van der Waals surface area contributed by atoms with Crippen molar-refractivity contribution in [2.24, 2.45) is 28.6 Å². The number of allylic oxidation sites excluding steroid dienone is 3. The van der Waals surface area contributed by atoms with Crippen molar-refractivity contribution in [1.29, 1.82) is 0 Å². The van der Waals surface area contributed by atoms with Crippen molar-refractivity contribution in [3.05, 3.63) is 23.4 Å². The molecule has 27 heavy (non-hydrogen) atoms. The van der Waals surface area contributed by atoms with E-state index in [1.54, 1.807) is 5.70 Å². The number of rotatable bonds is 1. The van der Waals surface area contributed by atoms with Crippen LogP contribution in [0.5, 0.6) is 0 Å². The number of hydrogen-bond acceptors (Lipinski definition) is 3. The first-order valence-corrected chi connectivity index (χ1v) is 11.3. The second-order valence-corrected chi connectivity index (χ2v) is 10.4. The number of fused-ring (bicyclic) bond motifs is 5. The molecule has 3 nitrogen and oxygen atoms in total. The summed E-state index contributed by atoms with van der Waals surface area (Å²) in [5.41, 5.74) is 3.20. The van der Waals surface area contributed by atoms with E-state index in [0.717, 1.165) is 19.3 Å². The molecule has 5 rings (SSSR count). The Morgan fingerprint density at radius 2 is 1.85 bits per heavy atom. The zero-order chi connectivity index (χ0) is 18.8. The molecule has 1 unspecified atom stereocenters. The Kier molecular flexibility index (Phi) is 4.13.